The third-order valence-corrected chi connectivity index (χ3v) is 4.90. The lowest BCUT2D eigenvalue weighted by Crippen LogP contribution is -2.60. The number of aryl methyl sites for hydroxylation is 1. The Morgan fingerprint density at radius 2 is 2.00 bits per heavy atom. The van der Waals surface area contributed by atoms with E-state index in [1.807, 2.05) is 24.0 Å². The summed E-state index contributed by atoms with van der Waals surface area (Å²) < 4.78 is 0. The maximum absolute atomic E-state index is 13.2. The molecule has 23 heavy (non-hydrogen) atoms. The second kappa shape index (κ2) is 5.42. The molecule has 7 nitrogen and oxygen atoms in total. The summed E-state index contributed by atoms with van der Waals surface area (Å²) in [6.07, 6.45) is 6.08. The van der Waals surface area contributed by atoms with E-state index in [2.05, 4.69) is 15.2 Å². The molecule has 0 unspecified atom stereocenters. The Morgan fingerprint density at radius 1 is 1.26 bits per heavy atom. The second-order valence-corrected chi connectivity index (χ2v) is 6.41. The van der Waals surface area contributed by atoms with Gasteiger partial charge in [0.25, 0.3) is 5.91 Å². The Labute approximate surface area is 133 Å². The van der Waals surface area contributed by atoms with Crippen molar-refractivity contribution in [1.82, 2.24) is 24.9 Å². The average molecular weight is 313 g/mol. The molecular formula is C16H19N5O2. The number of amides is 1. The quantitative estimate of drug-likeness (QED) is 0.912. The minimum atomic E-state index is -0.136. The fourth-order valence-electron chi connectivity index (χ4n) is 3.74. The van der Waals surface area contributed by atoms with Crippen LogP contribution in [0.2, 0.25) is 0 Å². The molecule has 2 saturated heterocycles. The van der Waals surface area contributed by atoms with Crippen molar-refractivity contribution < 1.29 is 9.90 Å². The molecule has 2 aromatic rings. The van der Waals surface area contributed by atoms with Crippen LogP contribution in [-0.2, 0) is 0 Å². The van der Waals surface area contributed by atoms with Gasteiger partial charge >= 0.3 is 0 Å². The van der Waals surface area contributed by atoms with Crippen LogP contribution in [0.3, 0.4) is 0 Å². The fourth-order valence-corrected chi connectivity index (χ4v) is 3.74. The largest absolute Gasteiger partial charge is 0.394 e. The number of hydrogen-bond donors (Lipinski definition) is 1. The number of fused-ring (bicyclic) bond motifs is 2. The van der Waals surface area contributed by atoms with E-state index in [-0.39, 0.29) is 24.6 Å². The molecule has 1 N–H and O–H groups in total. The van der Waals surface area contributed by atoms with Crippen molar-refractivity contribution in [2.75, 3.05) is 6.61 Å². The van der Waals surface area contributed by atoms with Crippen molar-refractivity contribution in [2.45, 2.75) is 38.3 Å². The molecule has 3 fully saturated rings. The summed E-state index contributed by atoms with van der Waals surface area (Å²) in [6, 6.07) is 3.77. The van der Waals surface area contributed by atoms with Crippen molar-refractivity contribution in [1.29, 1.82) is 0 Å². The lowest BCUT2D eigenvalue weighted by molar-refractivity contribution is -0.0342. The summed E-state index contributed by atoms with van der Waals surface area (Å²) in [6.45, 7) is 1.86. The molecule has 0 spiro atoms. The lowest BCUT2D eigenvalue weighted by Gasteiger charge is -2.53. The molecule has 1 aliphatic carbocycles. The Balaban J connectivity index is 1.74. The monoisotopic (exact) mass is 313 g/mol. The minimum absolute atomic E-state index is 0.0000904. The number of carbonyl (C=O) groups is 1. The number of aliphatic hydroxyl groups excluding tert-OH is 1. The first-order valence-electron chi connectivity index (χ1n) is 7.95. The van der Waals surface area contributed by atoms with E-state index >= 15 is 0 Å². The highest BCUT2D eigenvalue weighted by atomic mass is 16.3. The van der Waals surface area contributed by atoms with Gasteiger partial charge in [-0.1, -0.05) is 0 Å². The molecule has 1 atom stereocenters. The van der Waals surface area contributed by atoms with Gasteiger partial charge in [-0.2, -0.15) is 10.2 Å². The van der Waals surface area contributed by atoms with Crippen molar-refractivity contribution in [3.05, 3.63) is 35.9 Å². The van der Waals surface area contributed by atoms with Gasteiger partial charge in [-0.25, -0.2) is 4.98 Å². The molecule has 5 rings (SSSR count). The highest BCUT2D eigenvalue weighted by Gasteiger charge is 2.46. The van der Waals surface area contributed by atoms with Gasteiger partial charge in [-0.05, 0) is 44.2 Å². The SMILES string of the molecule is Cc1ccc(-n2nccn2)c(C(=O)N2C3CC(C3)C[C@H]2CO)n1. The number of hydrogen-bond acceptors (Lipinski definition) is 5. The van der Waals surface area contributed by atoms with Crippen molar-refractivity contribution in [3.63, 3.8) is 0 Å². The minimum Gasteiger partial charge on any atom is -0.394 e. The van der Waals surface area contributed by atoms with Gasteiger partial charge in [-0.3, -0.25) is 4.79 Å². The van der Waals surface area contributed by atoms with Gasteiger partial charge in [-0.15, -0.1) is 4.80 Å². The third-order valence-electron chi connectivity index (χ3n) is 4.90. The van der Waals surface area contributed by atoms with Crippen LogP contribution >= 0.6 is 0 Å². The van der Waals surface area contributed by atoms with Crippen LogP contribution in [0, 0.1) is 12.8 Å². The number of piperidine rings is 2. The number of aliphatic hydroxyl groups is 1. The van der Waals surface area contributed by atoms with Gasteiger partial charge in [0, 0.05) is 11.7 Å². The zero-order chi connectivity index (χ0) is 16.0. The number of rotatable bonds is 3. The Bertz CT molecular complexity index is 724. The summed E-state index contributed by atoms with van der Waals surface area (Å²) in [4.78, 5) is 20.9. The van der Waals surface area contributed by atoms with Gasteiger partial charge in [0.1, 0.15) is 5.69 Å². The van der Waals surface area contributed by atoms with E-state index in [4.69, 9.17) is 0 Å². The predicted octanol–water partition coefficient (Wildman–Crippen LogP) is 0.956. The number of pyridine rings is 1. The van der Waals surface area contributed by atoms with Crippen LogP contribution in [0.25, 0.3) is 5.69 Å². The lowest BCUT2D eigenvalue weighted by atomic mass is 9.70. The Morgan fingerprint density at radius 3 is 2.70 bits per heavy atom. The normalized spacial score (nSPS) is 26.0. The molecule has 0 radical (unpaired) electrons. The van der Waals surface area contributed by atoms with Crippen molar-refractivity contribution in [3.8, 4) is 5.69 Å². The number of aromatic nitrogens is 4. The Kier molecular flexibility index (Phi) is 3.37. The van der Waals surface area contributed by atoms with Gasteiger partial charge < -0.3 is 10.0 Å². The molecule has 1 saturated carbocycles. The summed E-state index contributed by atoms with van der Waals surface area (Å²) in [5.41, 5.74) is 1.70. The zero-order valence-corrected chi connectivity index (χ0v) is 13.0. The van der Waals surface area contributed by atoms with E-state index < -0.39 is 0 Å². The molecule has 0 aromatic carbocycles. The van der Waals surface area contributed by atoms with Crippen molar-refractivity contribution in [2.24, 2.45) is 5.92 Å². The molecule has 7 heteroatoms. The van der Waals surface area contributed by atoms with E-state index in [1.165, 1.54) is 4.80 Å². The van der Waals surface area contributed by atoms with E-state index in [0.29, 0.717) is 17.3 Å². The van der Waals surface area contributed by atoms with Gasteiger partial charge in [0.05, 0.1) is 25.0 Å². The fraction of sp³-hybridized carbons (Fsp3) is 0.500. The third kappa shape index (κ3) is 2.31. The molecule has 4 heterocycles. The first-order valence-corrected chi connectivity index (χ1v) is 7.95. The van der Waals surface area contributed by atoms with Gasteiger partial charge in [0.2, 0.25) is 0 Å². The van der Waals surface area contributed by atoms with Crippen LogP contribution in [0.5, 0.6) is 0 Å². The van der Waals surface area contributed by atoms with E-state index in [9.17, 15) is 9.90 Å². The highest BCUT2D eigenvalue weighted by molar-refractivity contribution is 5.96. The molecule has 3 aliphatic rings. The summed E-state index contributed by atoms with van der Waals surface area (Å²) in [5.74, 6) is 0.516. The Hall–Kier alpha value is -2.28. The highest BCUT2D eigenvalue weighted by Crippen LogP contribution is 2.43. The maximum atomic E-state index is 13.2. The number of carbonyl (C=O) groups excluding carboxylic acids is 1. The standard InChI is InChI=1S/C16H19N5O2/c1-10-2-3-14(21-17-4-5-18-21)15(19-10)16(23)20-12-6-11(7-12)8-13(20)9-22/h2-5,11-13,22H,6-9H2,1H3/t11?,12?,13-/m0/s1. The van der Waals surface area contributed by atoms with Crippen LogP contribution < -0.4 is 0 Å². The smallest absolute Gasteiger partial charge is 0.275 e. The first-order chi connectivity index (χ1) is 11.2. The van der Waals surface area contributed by atoms with E-state index in [1.54, 1.807) is 12.4 Å². The molecule has 1 amide bonds. The topological polar surface area (TPSA) is 84.1 Å². The van der Waals surface area contributed by atoms with Crippen LogP contribution in [0.4, 0.5) is 0 Å². The summed E-state index contributed by atoms with van der Waals surface area (Å²) in [7, 11) is 0. The zero-order valence-electron chi connectivity index (χ0n) is 13.0. The average Bonchev–Trinajstić information content (AvgIpc) is 3.07. The summed E-state index contributed by atoms with van der Waals surface area (Å²) in [5, 5.41) is 17.9. The van der Waals surface area contributed by atoms with Crippen LogP contribution in [0.1, 0.15) is 35.4 Å². The van der Waals surface area contributed by atoms with E-state index in [0.717, 1.165) is 25.0 Å². The number of nitrogens with zero attached hydrogens (tertiary/aromatic N) is 5. The molecule has 2 bridgehead atoms. The van der Waals surface area contributed by atoms with Crippen LogP contribution in [-0.4, -0.2) is 54.6 Å². The predicted molar refractivity (Wildman–Crippen MR) is 82.1 cm³/mol. The molecular weight excluding hydrogens is 294 g/mol. The molecule has 2 aromatic heterocycles. The van der Waals surface area contributed by atoms with Gasteiger partial charge in [0.15, 0.2) is 5.69 Å². The maximum Gasteiger partial charge on any atom is 0.275 e. The van der Waals surface area contributed by atoms with Crippen molar-refractivity contribution >= 4 is 5.91 Å². The molecule has 2 aliphatic heterocycles. The molecule has 120 valence electrons. The summed E-state index contributed by atoms with van der Waals surface area (Å²) >= 11 is 0. The first kappa shape index (κ1) is 14.3. The second-order valence-electron chi connectivity index (χ2n) is 6.41. The van der Waals surface area contributed by atoms with Crippen LogP contribution in [0.15, 0.2) is 24.5 Å².